The predicted octanol–water partition coefficient (Wildman–Crippen LogP) is 1.72. The van der Waals surface area contributed by atoms with Crippen LogP contribution in [0.2, 0.25) is 0 Å². The maximum Gasteiger partial charge on any atom is 0.251 e. The normalized spacial score (nSPS) is 12.1. The fourth-order valence-corrected chi connectivity index (χ4v) is 2.12. The van der Waals surface area contributed by atoms with Crippen molar-refractivity contribution in [2.24, 2.45) is 0 Å². The molecule has 0 bridgehead atoms. The molecule has 0 fully saturated rings. The van der Waals surface area contributed by atoms with E-state index in [-0.39, 0.29) is 11.9 Å². The highest BCUT2D eigenvalue weighted by Gasteiger charge is 2.10. The summed E-state index contributed by atoms with van der Waals surface area (Å²) in [6.45, 7) is 4.08. The van der Waals surface area contributed by atoms with Crippen molar-refractivity contribution in [3.63, 3.8) is 0 Å². The number of rotatable bonds is 5. The van der Waals surface area contributed by atoms with E-state index in [9.17, 15) is 4.79 Å². The molecule has 1 aromatic rings. The van der Waals surface area contributed by atoms with Gasteiger partial charge in [0.15, 0.2) is 0 Å². The van der Waals surface area contributed by atoms with Gasteiger partial charge in [-0.1, -0.05) is 6.92 Å². The lowest BCUT2D eigenvalue weighted by Crippen LogP contribution is -2.34. The highest BCUT2D eigenvalue weighted by Crippen LogP contribution is 2.13. The first kappa shape index (κ1) is 13.7. The van der Waals surface area contributed by atoms with E-state index in [0.29, 0.717) is 16.9 Å². The molecule has 0 aromatic heterocycles. The summed E-state index contributed by atoms with van der Waals surface area (Å²) in [6.07, 6.45) is 0. The van der Waals surface area contributed by atoms with E-state index >= 15 is 0 Å². The van der Waals surface area contributed by atoms with Crippen LogP contribution in [0.15, 0.2) is 18.2 Å². The Bertz CT molecular complexity index is 375. The maximum atomic E-state index is 11.9. The van der Waals surface area contributed by atoms with Gasteiger partial charge in [0.1, 0.15) is 0 Å². The molecule has 1 rings (SSSR count). The zero-order chi connectivity index (χ0) is 12.8. The average molecular weight is 253 g/mol. The van der Waals surface area contributed by atoms with Crippen LogP contribution in [-0.4, -0.2) is 23.5 Å². The van der Waals surface area contributed by atoms with Crippen molar-refractivity contribution in [3.8, 4) is 0 Å². The number of benzene rings is 1. The molecule has 5 heteroatoms. The molecule has 0 saturated carbocycles. The summed E-state index contributed by atoms with van der Waals surface area (Å²) in [4.78, 5) is 11.9. The fraction of sp³-hybridized carbons (Fsp3) is 0.417. The largest absolute Gasteiger partial charge is 0.399 e. The molecule has 1 atom stereocenters. The summed E-state index contributed by atoms with van der Waals surface area (Å²) in [5, 5.41) is 2.91. The average Bonchev–Trinajstić information content (AvgIpc) is 2.25. The molecule has 0 saturated heterocycles. The number of nitrogens with two attached hydrogens (primary N) is 2. The molecule has 1 aromatic carbocycles. The molecular formula is C12H19N3OS. The van der Waals surface area contributed by atoms with Crippen molar-refractivity contribution in [1.29, 1.82) is 0 Å². The van der Waals surface area contributed by atoms with Crippen LogP contribution >= 0.6 is 11.8 Å². The first-order valence-corrected chi connectivity index (χ1v) is 6.73. The molecule has 0 heterocycles. The Balaban J connectivity index is 2.63. The highest BCUT2D eigenvalue weighted by atomic mass is 32.2. The second-order valence-corrected chi connectivity index (χ2v) is 5.24. The quantitative estimate of drug-likeness (QED) is 0.698. The van der Waals surface area contributed by atoms with E-state index in [1.165, 1.54) is 0 Å². The number of thioether (sulfide) groups is 1. The first-order valence-electron chi connectivity index (χ1n) is 5.57. The third-order valence-corrected chi connectivity index (χ3v) is 3.33. The van der Waals surface area contributed by atoms with Gasteiger partial charge in [0.05, 0.1) is 0 Å². The van der Waals surface area contributed by atoms with Crippen LogP contribution in [0.3, 0.4) is 0 Å². The van der Waals surface area contributed by atoms with E-state index in [4.69, 9.17) is 11.5 Å². The van der Waals surface area contributed by atoms with E-state index in [1.807, 2.05) is 6.92 Å². The Morgan fingerprint density at radius 3 is 2.47 bits per heavy atom. The Labute approximate surface area is 106 Å². The fourth-order valence-electron chi connectivity index (χ4n) is 1.45. The van der Waals surface area contributed by atoms with Crippen LogP contribution in [0, 0.1) is 0 Å². The molecule has 1 amide bonds. The van der Waals surface area contributed by atoms with Crippen molar-refractivity contribution in [3.05, 3.63) is 23.8 Å². The third-order valence-electron chi connectivity index (χ3n) is 2.19. The van der Waals surface area contributed by atoms with Gasteiger partial charge in [-0.3, -0.25) is 4.79 Å². The SMILES string of the molecule is CCSCC(C)NC(=O)c1cc(N)cc(N)c1. The first-order chi connectivity index (χ1) is 8.02. The van der Waals surface area contributed by atoms with E-state index < -0.39 is 0 Å². The van der Waals surface area contributed by atoms with Gasteiger partial charge in [-0.15, -0.1) is 0 Å². The number of hydrogen-bond donors (Lipinski definition) is 3. The minimum atomic E-state index is -0.131. The van der Waals surface area contributed by atoms with Gasteiger partial charge in [0.25, 0.3) is 5.91 Å². The van der Waals surface area contributed by atoms with Crippen molar-refractivity contribution in [2.45, 2.75) is 19.9 Å². The van der Waals surface area contributed by atoms with Gasteiger partial charge < -0.3 is 16.8 Å². The molecule has 4 nitrogen and oxygen atoms in total. The smallest absolute Gasteiger partial charge is 0.251 e. The molecular weight excluding hydrogens is 234 g/mol. The molecule has 0 radical (unpaired) electrons. The molecule has 5 N–H and O–H groups in total. The summed E-state index contributed by atoms with van der Waals surface area (Å²) >= 11 is 1.80. The topological polar surface area (TPSA) is 81.1 Å². The van der Waals surface area contributed by atoms with Gasteiger partial charge in [-0.05, 0) is 30.9 Å². The molecule has 17 heavy (non-hydrogen) atoms. The second-order valence-electron chi connectivity index (χ2n) is 3.92. The van der Waals surface area contributed by atoms with Crippen molar-refractivity contribution in [2.75, 3.05) is 23.0 Å². The van der Waals surface area contributed by atoms with Gasteiger partial charge in [0, 0.05) is 28.7 Å². The van der Waals surface area contributed by atoms with Gasteiger partial charge in [0.2, 0.25) is 0 Å². The standard InChI is InChI=1S/C12H19N3OS/c1-3-17-7-8(2)15-12(16)9-4-10(13)6-11(14)5-9/h4-6,8H,3,7,13-14H2,1-2H3,(H,15,16). The summed E-state index contributed by atoms with van der Waals surface area (Å²) in [5.74, 6) is 1.82. The number of anilines is 2. The lowest BCUT2D eigenvalue weighted by molar-refractivity contribution is 0.0944. The van der Waals surface area contributed by atoms with Crippen LogP contribution in [0.1, 0.15) is 24.2 Å². The van der Waals surface area contributed by atoms with Crippen LogP contribution in [0.5, 0.6) is 0 Å². The van der Waals surface area contributed by atoms with Crippen LogP contribution in [0.25, 0.3) is 0 Å². The lowest BCUT2D eigenvalue weighted by Gasteiger charge is -2.13. The summed E-state index contributed by atoms with van der Waals surface area (Å²) in [7, 11) is 0. The second kappa shape index (κ2) is 6.39. The molecule has 0 aliphatic carbocycles. The predicted molar refractivity (Wildman–Crippen MR) is 75.2 cm³/mol. The van der Waals surface area contributed by atoms with E-state index in [0.717, 1.165) is 11.5 Å². The van der Waals surface area contributed by atoms with Crippen molar-refractivity contribution in [1.82, 2.24) is 5.32 Å². The maximum absolute atomic E-state index is 11.9. The number of nitrogen functional groups attached to an aromatic ring is 2. The Hall–Kier alpha value is -1.36. The third kappa shape index (κ3) is 4.56. The summed E-state index contributed by atoms with van der Waals surface area (Å²) in [5.41, 5.74) is 12.8. The monoisotopic (exact) mass is 253 g/mol. The van der Waals surface area contributed by atoms with E-state index in [1.54, 1.807) is 30.0 Å². The Morgan fingerprint density at radius 1 is 1.35 bits per heavy atom. The molecule has 0 aliphatic rings. The minimum Gasteiger partial charge on any atom is -0.399 e. The van der Waals surface area contributed by atoms with Crippen LogP contribution in [0.4, 0.5) is 11.4 Å². The minimum absolute atomic E-state index is 0.131. The lowest BCUT2D eigenvalue weighted by atomic mass is 10.1. The van der Waals surface area contributed by atoms with E-state index in [2.05, 4.69) is 12.2 Å². The number of carbonyl (C=O) groups is 1. The molecule has 94 valence electrons. The van der Waals surface area contributed by atoms with Crippen molar-refractivity contribution < 1.29 is 4.79 Å². The van der Waals surface area contributed by atoms with Crippen molar-refractivity contribution >= 4 is 29.0 Å². The van der Waals surface area contributed by atoms with Gasteiger partial charge in [-0.25, -0.2) is 0 Å². The zero-order valence-corrected chi connectivity index (χ0v) is 11.0. The number of nitrogens with one attached hydrogen (secondary N) is 1. The highest BCUT2D eigenvalue weighted by molar-refractivity contribution is 7.99. The Morgan fingerprint density at radius 2 is 1.94 bits per heavy atom. The molecule has 0 aliphatic heterocycles. The number of carbonyl (C=O) groups excluding carboxylic acids is 1. The summed E-state index contributed by atoms with van der Waals surface area (Å²) < 4.78 is 0. The molecule has 1 unspecified atom stereocenters. The van der Waals surface area contributed by atoms with Crippen LogP contribution < -0.4 is 16.8 Å². The number of amides is 1. The van der Waals surface area contributed by atoms with Gasteiger partial charge >= 0.3 is 0 Å². The van der Waals surface area contributed by atoms with Crippen LogP contribution in [-0.2, 0) is 0 Å². The zero-order valence-electron chi connectivity index (χ0n) is 10.2. The van der Waals surface area contributed by atoms with Gasteiger partial charge in [-0.2, -0.15) is 11.8 Å². The summed E-state index contributed by atoms with van der Waals surface area (Å²) in [6, 6.07) is 5.03. The number of hydrogen-bond acceptors (Lipinski definition) is 4. The Kier molecular flexibility index (Phi) is 5.15. The molecule has 0 spiro atoms.